The number of nitrogens with one attached hydrogen (secondary N) is 1. The van der Waals surface area contributed by atoms with Gasteiger partial charge >= 0.3 is 6.18 Å². The van der Waals surface area contributed by atoms with Crippen molar-refractivity contribution in [1.82, 2.24) is 0 Å². The van der Waals surface area contributed by atoms with E-state index in [-0.39, 0.29) is 17.3 Å². The number of halogens is 3. The largest absolute Gasteiger partial charge is 0.490 e. The summed E-state index contributed by atoms with van der Waals surface area (Å²) in [4.78, 5) is 13.3. The molecule has 162 valence electrons. The Balaban J connectivity index is 1.93. The minimum absolute atomic E-state index is 0.0846. The normalized spacial score (nSPS) is 16.4. The van der Waals surface area contributed by atoms with Crippen LogP contribution in [0.5, 0.6) is 5.75 Å². The van der Waals surface area contributed by atoms with E-state index in [1.54, 1.807) is 13.8 Å². The van der Waals surface area contributed by atoms with E-state index in [1.807, 2.05) is 31.2 Å². The number of carbonyl (C=O) groups is 1. The van der Waals surface area contributed by atoms with E-state index in [0.29, 0.717) is 26.1 Å². The lowest BCUT2D eigenvalue weighted by atomic mass is 9.73. The third kappa shape index (κ3) is 4.78. The molecular formula is C23H26F3NO3. The van der Waals surface area contributed by atoms with Crippen LogP contribution in [0.2, 0.25) is 0 Å². The van der Waals surface area contributed by atoms with Gasteiger partial charge in [-0.25, -0.2) is 0 Å². The molecule has 0 aliphatic carbocycles. The number of benzene rings is 2. The minimum atomic E-state index is -4.60. The number of alkyl halides is 3. The van der Waals surface area contributed by atoms with Crippen LogP contribution in [0, 0.1) is 6.92 Å². The zero-order valence-electron chi connectivity index (χ0n) is 17.3. The van der Waals surface area contributed by atoms with Crippen molar-refractivity contribution in [2.45, 2.75) is 51.3 Å². The Morgan fingerprint density at radius 1 is 1.10 bits per heavy atom. The Morgan fingerprint density at radius 3 is 2.30 bits per heavy atom. The molecule has 1 saturated heterocycles. The number of hydrogen-bond donors (Lipinski definition) is 1. The van der Waals surface area contributed by atoms with Crippen LogP contribution >= 0.6 is 0 Å². The monoisotopic (exact) mass is 421 g/mol. The molecule has 0 radical (unpaired) electrons. The topological polar surface area (TPSA) is 47.6 Å². The second-order valence-electron chi connectivity index (χ2n) is 7.89. The predicted molar refractivity (Wildman–Crippen MR) is 109 cm³/mol. The second kappa shape index (κ2) is 8.68. The van der Waals surface area contributed by atoms with Crippen molar-refractivity contribution >= 4 is 11.6 Å². The molecule has 2 aromatic carbocycles. The fourth-order valence-electron chi connectivity index (χ4n) is 3.68. The van der Waals surface area contributed by atoms with Gasteiger partial charge < -0.3 is 14.8 Å². The summed E-state index contributed by atoms with van der Waals surface area (Å²) >= 11 is 0. The number of anilines is 1. The maximum atomic E-state index is 13.5. The Morgan fingerprint density at radius 2 is 1.73 bits per heavy atom. The van der Waals surface area contributed by atoms with Gasteiger partial charge in [-0.3, -0.25) is 4.79 Å². The van der Waals surface area contributed by atoms with Gasteiger partial charge in [-0.15, -0.1) is 0 Å². The lowest BCUT2D eigenvalue weighted by molar-refractivity contribution is -0.139. The maximum absolute atomic E-state index is 13.5. The van der Waals surface area contributed by atoms with Crippen molar-refractivity contribution in [3.63, 3.8) is 0 Å². The summed E-state index contributed by atoms with van der Waals surface area (Å²) in [7, 11) is 0. The summed E-state index contributed by atoms with van der Waals surface area (Å²) in [6.45, 7) is 6.10. The van der Waals surface area contributed by atoms with Gasteiger partial charge in [0.15, 0.2) is 0 Å². The van der Waals surface area contributed by atoms with E-state index in [2.05, 4.69) is 5.32 Å². The fraction of sp³-hybridized carbons (Fsp3) is 0.435. The second-order valence-corrected chi connectivity index (χ2v) is 7.89. The first-order chi connectivity index (χ1) is 14.1. The molecule has 1 aliphatic heterocycles. The van der Waals surface area contributed by atoms with Crippen molar-refractivity contribution in [2.24, 2.45) is 0 Å². The number of carbonyl (C=O) groups excluding carboxylic acids is 1. The van der Waals surface area contributed by atoms with E-state index in [4.69, 9.17) is 9.47 Å². The van der Waals surface area contributed by atoms with E-state index < -0.39 is 23.3 Å². The van der Waals surface area contributed by atoms with Gasteiger partial charge in [-0.1, -0.05) is 29.8 Å². The molecule has 3 rings (SSSR count). The number of ether oxygens (including phenoxy) is 2. The van der Waals surface area contributed by atoms with E-state index in [9.17, 15) is 18.0 Å². The maximum Gasteiger partial charge on any atom is 0.420 e. The molecule has 0 spiro atoms. The average molecular weight is 421 g/mol. The van der Waals surface area contributed by atoms with Crippen molar-refractivity contribution in [3.05, 3.63) is 59.2 Å². The molecule has 30 heavy (non-hydrogen) atoms. The Hall–Kier alpha value is -2.54. The average Bonchev–Trinajstić information content (AvgIpc) is 2.69. The molecule has 0 aromatic heterocycles. The third-order valence-corrected chi connectivity index (χ3v) is 5.29. The molecule has 0 saturated carbocycles. The Labute approximate surface area is 174 Å². The zero-order valence-corrected chi connectivity index (χ0v) is 17.3. The molecule has 1 fully saturated rings. The van der Waals surface area contributed by atoms with Crippen molar-refractivity contribution < 1.29 is 27.4 Å². The molecule has 0 atom stereocenters. The highest BCUT2D eigenvalue weighted by molar-refractivity contribution is 5.99. The smallest absolute Gasteiger partial charge is 0.420 e. The van der Waals surface area contributed by atoms with Gasteiger partial charge in [0.25, 0.3) is 0 Å². The van der Waals surface area contributed by atoms with Gasteiger partial charge in [0, 0.05) is 18.9 Å². The predicted octanol–water partition coefficient (Wildman–Crippen LogP) is 5.49. The zero-order chi connectivity index (χ0) is 21.9. The van der Waals surface area contributed by atoms with Crippen LogP contribution < -0.4 is 10.1 Å². The summed E-state index contributed by atoms with van der Waals surface area (Å²) in [5.41, 5.74) is 0.227. The Bertz CT molecular complexity index is 886. The number of amides is 1. The molecule has 2 aromatic rings. The quantitative estimate of drug-likeness (QED) is 0.695. The first-order valence-electron chi connectivity index (χ1n) is 9.96. The highest BCUT2D eigenvalue weighted by Crippen LogP contribution is 2.40. The number of hydrogen-bond acceptors (Lipinski definition) is 3. The highest BCUT2D eigenvalue weighted by Gasteiger charge is 2.42. The fourth-order valence-corrected chi connectivity index (χ4v) is 3.68. The molecule has 1 amide bonds. The van der Waals surface area contributed by atoms with E-state index in [0.717, 1.165) is 17.2 Å². The molecule has 0 bridgehead atoms. The summed E-state index contributed by atoms with van der Waals surface area (Å²) < 4.78 is 51.4. The molecule has 1 N–H and O–H groups in total. The van der Waals surface area contributed by atoms with Crippen molar-refractivity contribution in [3.8, 4) is 5.75 Å². The summed E-state index contributed by atoms with van der Waals surface area (Å²) in [6.07, 6.45) is -4.08. The van der Waals surface area contributed by atoms with Gasteiger partial charge in [0.05, 0.1) is 17.1 Å². The standard InChI is InChI=1S/C23H26F3NO3/c1-15(2)30-20-9-8-18(14-19(20)23(24,25)26)27-21(28)22(10-12-29-13-11-22)17-6-4-16(3)5-7-17/h4-9,14-15H,10-13H2,1-3H3,(H,27,28). The minimum Gasteiger partial charge on any atom is -0.490 e. The van der Waals surface area contributed by atoms with Gasteiger partial charge in [-0.05, 0) is 57.4 Å². The molecular weight excluding hydrogens is 395 g/mol. The van der Waals surface area contributed by atoms with E-state index >= 15 is 0 Å². The van der Waals surface area contributed by atoms with Gasteiger partial charge in [-0.2, -0.15) is 13.2 Å². The lowest BCUT2D eigenvalue weighted by Gasteiger charge is -2.36. The van der Waals surface area contributed by atoms with Crippen LogP contribution in [0.1, 0.15) is 43.4 Å². The van der Waals surface area contributed by atoms with Crippen LogP contribution in [0.25, 0.3) is 0 Å². The highest BCUT2D eigenvalue weighted by atomic mass is 19.4. The van der Waals surface area contributed by atoms with Crippen LogP contribution in [0.3, 0.4) is 0 Å². The first-order valence-corrected chi connectivity index (χ1v) is 9.96. The van der Waals surface area contributed by atoms with Gasteiger partial charge in [0.1, 0.15) is 5.75 Å². The number of aryl methyl sites for hydroxylation is 1. The van der Waals surface area contributed by atoms with Crippen LogP contribution in [0.4, 0.5) is 18.9 Å². The van der Waals surface area contributed by atoms with Crippen LogP contribution in [-0.4, -0.2) is 25.2 Å². The first kappa shape index (κ1) is 22.2. The Kier molecular flexibility index (Phi) is 6.41. The lowest BCUT2D eigenvalue weighted by Crippen LogP contribution is -2.44. The molecule has 1 heterocycles. The SMILES string of the molecule is Cc1ccc(C2(C(=O)Nc3ccc(OC(C)C)c(C(F)(F)F)c3)CCOCC2)cc1. The molecule has 4 nitrogen and oxygen atoms in total. The summed E-state index contributed by atoms with van der Waals surface area (Å²) in [6, 6.07) is 11.3. The van der Waals surface area contributed by atoms with Crippen LogP contribution in [0.15, 0.2) is 42.5 Å². The van der Waals surface area contributed by atoms with E-state index in [1.165, 1.54) is 12.1 Å². The molecule has 7 heteroatoms. The van der Waals surface area contributed by atoms with Gasteiger partial charge in [0.2, 0.25) is 5.91 Å². The molecule has 0 unspecified atom stereocenters. The third-order valence-electron chi connectivity index (χ3n) is 5.29. The molecule has 1 aliphatic rings. The van der Waals surface area contributed by atoms with Crippen molar-refractivity contribution in [2.75, 3.05) is 18.5 Å². The van der Waals surface area contributed by atoms with Crippen molar-refractivity contribution in [1.29, 1.82) is 0 Å². The summed E-state index contributed by atoms with van der Waals surface area (Å²) in [5, 5.41) is 2.71. The number of rotatable bonds is 5. The van der Waals surface area contributed by atoms with Crippen LogP contribution in [-0.2, 0) is 21.1 Å². The summed E-state index contributed by atoms with van der Waals surface area (Å²) in [5.74, 6) is -0.588.